The molecule has 1 aromatic carbocycles. The average molecular weight is 386 g/mol. The number of aliphatic hydroxyl groups excluding tert-OH is 1. The Morgan fingerprint density at radius 1 is 1.29 bits per heavy atom. The summed E-state index contributed by atoms with van der Waals surface area (Å²) in [6.07, 6.45) is 1.09. The first-order chi connectivity index (χ1) is 13.0. The molecule has 1 aromatic heterocycles. The molecule has 1 fully saturated rings. The largest absolute Gasteiger partial charge is 0.453 e. The highest BCUT2D eigenvalue weighted by Crippen LogP contribution is 2.37. The highest BCUT2D eigenvalue weighted by Gasteiger charge is 2.40. The molecule has 1 saturated heterocycles. The number of fused-ring (bicyclic) bond motifs is 1. The molecule has 0 bridgehead atoms. The number of aliphatic hydroxyl groups is 1. The first-order valence-electron chi connectivity index (χ1n) is 9.95. The molecule has 0 radical (unpaired) electrons. The number of ketones is 1. The number of hydrogen-bond acceptors (Lipinski definition) is 4. The van der Waals surface area contributed by atoms with E-state index in [1.54, 1.807) is 12.1 Å². The molecule has 1 aliphatic heterocycles. The van der Waals surface area contributed by atoms with Crippen LogP contribution in [0.15, 0.2) is 22.6 Å². The zero-order chi connectivity index (χ0) is 20.9. The lowest BCUT2D eigenvalue weighted by Gasteiger charge is -2.29. The van der Waals surface area contributed by atoms with Crippen molar-refractivity contribution in [3.05, 3.63) is 35.1 Å². The first kappa shape index (κ1) is 20.6. The van der Waals surface area contributed by atoms with Crippen molar-refractivity contribution in [2.24, 2.45) is 10.8 Å². The molecule has 5 nitrogen and oxygen atoms in total. The van der Waals surface area contributed by atoms with Crippen LogP contribution in [0.25, 0.3) is 11.0 Å². The van der Waals surface area contributed by atoms with E-state index in [0.29, 0.717) is 11.1 Å². The van der Waals surface area contributed by atoms with Crippen molar-refractivity contribution in [3.63, 3.8) is 0 Å². The minimum Gasteiger partial charge on any atom is -0.453 e. The van der Waals surface area contributed by atoms with Gasteiger partial charge in [-0.15, -0.1) is 0 Å². The van der Waals surface area contributed by atoms with Crippen molar-refractivity contribution in [2.75, 3.05) is 6.54 Å². The zero-order valence-electron chi connectivity index (χ0n) is 17.8. The standard InChI is InChI=1S/C23H31NO4/c1-14-23(5,6)9-10-24(14)19(26)12-17-16-11-15(13-25)7-8-18(16)28-20(17)21(27)22(2,3)4/h7-8,11,14,25H,9-10,12-13H2,1-6H3. The second-order valence-electron chi connectivity index (χ2n) is 9.66. The van der Waals surface area contributed by atoms with Crippen LogP contribution in [0, 0.1) is 10.8 Å². The molecule has 2 heterocycles. The van der Waals surface area contributed by atoms with Gasteiger partial charge in [0.1, 0.15) is 5.58 Å². The van der Waals surface area contributed by atoms with Gasteiger partial charge in [-0.25, -0.2) is 0 Å². The van der Waals surface area contributed by atoms with Crippen molar-refractivity contribution in [1.29, 1.82) is 0 Å². The summed E-state index contributed by atoms with van der Waals surface area (Å²) in [5.74, 6) is 0.155. The van der Waals surface area contributed by atoms with Crippen LogP contribution in [0.5, 0.6) is 0 Å². The number of carbonyl (C=O) groups is 2. The van der Waals surface area contributed by atoms with Crippen LogP contribution in [-0.4, -0.2) is 34.3 Å². The molecule has 3 rings (SSSR count). The van der Waals surface area contributed by atoms with Crippen molar-refractivity contribution in [2.45, 2.75) is 67.0 Å². The van der Waals surface area contributed by atoms with Crippen LogP contribution in [0.2, 0.25) is 0 Å². The fourth-order valence-electron chi connectivity index (χ4n) is 3.82. The maximum absolute atomic E-state index is 13.2. The van der Waals surface area contributed by atoms with E-state index in [1.807, 2.05) is 31.7 Å². The number of hydrogen-bond donors (Lipinski definition) is 1. The van der Waals surface area contributed by atoms with Crippen molar-refractivity contribution >= 4 is 22.7 Å². The predicted molar refractivity (Wildman–Crippen MR) is 109 cm³/mol. The Kier molecular flexibility index (Phi) is 5.17. The third-order valence-electron chi connectivity index (χ3n) is 6.17. The van der Waals surface area contributed by atoms with Gasteiger partial charge in [0.15, 0.2) is 5.76 Å². The summed E-state index contributed by atoms with van der Waals surface area (Å²) in [4.78, 5) is 28.1. The molecule has 1 atom stereocenters. The molecule has 1 aliphatic rings. The van der Waals surface area contributed by atoms with Gasteiger partial charge >= 0.3 is 0 Å². The molecule has 0 aliphatic carbocycles. The third-order valence-corrected chi connectivity index (χ3v) is 6.17. The summed E-state index contributed by atoms with van der Waals surface area (Å²) < 4.78 is 5.92. The highest BCUT2D eigenvalue weighted by molar-refractivity contribution is 6.04. The number of nitrogens with zero attached hydrogens (tertiary/aromatic N) is 1. The number of carbonyl (C=O) groups excluding carboxylic acids is 2. The monoisotopic (exact) mass is 385 g/mol. The van der Waals surface area contributed by atoms with E-state index in [2.05, 4.69) is 20.8 Å². The van der Waals surface area contributed by atoms with Gasteiger partial charge in [0.25, 0.3) is 0 Å². The van der Waals surface area contributed by atoms with Gasteiger partial charge in [-0.3, -0.25) is 9.59 Å². The predicted octanol–water partition coefficient (Wildman–Crippen LogP) is 4.34. The van der Waals surface area contributed by atoms with Gasteiger partial charge in [0, 0.05) is 29.0 Å². The van der Waals surface area contributed by atoms with Crippen molar-refractivity contribution < 1.29 is 19.1 Å². The lowest BCUT2D eigenvalue weighted by atomic mass is 9.85. The van der Waals surface area contributed by atoms with Gasteiger partial charge in [-0.05, 0) is 36.5 Å². The highest BCUT2D eigenvalue weighted by atomic mass is 16.3. The Bertz CT molecular complexity index is 917. The molecule has 152 valence electrons. The first-order valence-corrected chi connectivity index (χ1v) is 9.95. The topological polar surface area (TPSA) is 70.8 Å². The molecular weight excluding hydrogens is 354 g/mol. The van der Waals surface area contributed by atoms with Crippen LogP contribution in [0.4, 0.5) is 0 Å². The van der Waals surface area contributed by atoms with Gasteiger partial charge in [-0.2, -0.15) is 0 Å². The molecule has 1 unspecified atom stereocenters. The summed E-state index contributed by atoms with van der Waals surface area (Å²) in [5, 5.41) is 10.2. The Morgan fingerprint density at radius 2 is 1.96 bits per heavy atom. The average Bonchev–Trinajstić information content (AvgIpc) is 3.10. The fourth-order valence-corrected chi connectivity index (χ4v) is 3.82. The minimum atomic E-state index is -0.617. The smallest absolute Gasteiger partial charge is 0.227 e. The number of amides is 1. The number of likely N-dealkylation sites (tertiary alicyclic amines) is 1. The molecule has 0 spiro atoms. The summed E-state index contributed by atoms with van der Waals surface area (Å²) in [7, 11) is 0. The number of benzene rings is 1. The zero-order valence-corrected chi connectivity index (χ0v) is 17.8. The fraction of sp³-hybridized carbons (Fsp3) is 0.565. The molecular formula is C23H31NO4. The maximum atomic E-state index is 13.2. The van der Waals surface area contributed by atoms with E-state index in [-0.39, 0.29) is 41.9 Å². The summed E-state index contributed by atoms with van der Waals surface area (Å²) >= 11 is 0. The Labute approximate surface area is 166 Å². The normalized spacial score (nSPS) is 19.4. The van der Waals surface area contributed by atoms with E-state index in [1.165, 1.54) is 0 Å². The summed E-state index contributed by atoms with van der Waals surface area (Å²) in [6, 6.07) is 5.50. The second-order valence-corrected chi connectivity index (χ2v) is 9.66. The van der Waals surface area contributed by atoms with Crippen molar-refractivity contribution in [1.82, 2.24) is 4.90 Å². The Balaban J connectivity index is 2.05. The third kappa shape index (κ3) is 3.60. The van der Waals surface area contributed by atoms with Crippen molar-refractivity contribution in [3.8, 4) is 0 Å². The van der Waals surface area contributed by atoms with Gasteiger partial charge < -0.3 is 14.4 Å². The number of rotatable bonds is 4. The SMILES string of the molecule is CC1N(C(=O)Cc2c(C(=O)C(C)(C)C)oc3ccc(CO)cc23)CCC1(C)C. The van der Waals surface area contributed by atoms with E-state index in [9.17, 15) is 14.7 Å². The molecule has 1 amide bonds. The van der Waals surface area contributed by atoms with E-state index < -0.39 is 5.41 Å². The maximum Gasteiger partial charge on any atom is 0.227 e. The molecule has 2 aromatic rings. The lowest BCUT2D eigenvalue weighted by molar-refractivity contribution is -0.131. The van der Waals surface area contributed by atoms with Crippen LogP contribution < -0.4 is 0 Å². The Morgan fingerprint density at radius 3 is 2.50 bits per heavy atom. The molecule has 5 heteroatoms. The lowest BCUT2D eigenvalue weighted by Crippen LogP contribution is -2.39. The molecule has 1 N–H and O–H groups in total. The van der Waals surface area contributed by atoms with E-state index >= 15 is 0 Å². The summed E-state index contributed by atoms with van der Waals surface area (Å²) in [6.45, 7) is 12.6. The van der Waals surface area contributed by atoms with Crippen LogP contribution in [0.3, 0.4) is 0 Å². The van der Waals surface area contributed by atoms with E-state index in [4.69, 9.17) is 4.42 Å². The summed E-state index contributed by atoms with van der Waals surface area (Å²) in [5.41, 5.74) is 1.40. The van der Waals surface area contributed by atoms with Gasteiger partial charge in [0.2, 0.25) is 11.7 Å². The molecule has 0 saturated carbocycles. The quantitative estimate of drug-likeness (QED) is 0.795. The van der Waals surface area contributed by atoms with Crippen LogP contribution in [-0.2, 0) is 17.8 Å². The second kappa shape index (κ2) is 7.03. The van der Waals surface area contributed by atoms with Gasteiger partial charge in [-0.1, -0.05) is 40.7 Å². The number of furan rings is 1. The Hall–Kier alpha value is -2.14. The number of Topliss-reactive ketones (excluding diaryl/α,β-unsaturated/α-hetero) is 1. The van der Waals surface area contributed by atoms with Crippen LogP contribution in [0.1, 0.15) is 69.6 Å². The van der Waals surface area contributed by atoms with Gasteiger partial charge in [0.05, 0.1) is 13.0 Å². The van der Waals surface area contributed by atoms with E-state index in [0.717, 1.165) is 23.9 Å². The van der Waals surface area contributed by atoms with Crippen LogP contribution >= 0.6 is 0 Å². The molecule has 28 heavy (non-hydrogen) atoms. The minimum absolute atomic E-state index is 0.0122.